The molecule has 260 valence electrons. The molecule has 0 N–H and O–H groups in total. The van der Waals surface area contributed by atoms with E-state index in [9.17, 15) is 0 Å². The van der Waals surface area contributed by atoms with Crippen LogP contribution < -0.4 is 35.2 Å². The van der Waals surface area contributed by atoms with E-state index in [1.54, 1.807) is 23.3 Å². The fraction of sp³-hybridized carbons (Fsp3) is 0.370. The molecule has 2 saturated carbocycles. The van der Waals surface area contributed by atoms with Crippen LogP contribution in [-0.2, 0) is 23.3 Å². The van der Waals surface area contributed by atoms with Crippen molar-refractivity contribution in [2.24, 2.45) is 43.8 Å². The fourth-order valence-electron chi connectivity index (χ4n) is 11.0. The second kappa shape index (κ2) is 14.8. The summed E-state index contributed by atoms with van der Waals surface area (Å²) in [5, 5.41) is 3.03. The van der Waals surface area contributed by atoms with Gasteiger partial charge in [-0.3, -0.25) is 6.08 Å². The van der Waals surface area contributed by atoms with Crippen molar-refractivity contribution in [3.63, 3.8) is 0 Å². The summed E-state index contributed by atoms with van der Waals surface area (Å²) < 4.78 is 0. The molecule has 0 saturated heterocycles. The Kier molecular flexibility index (Phi) is 12.1. The number of fused-ring (bicyclic) bond motifs is 8. The van der Waals surface area contributed by atoms with Crippen molar-refractivity contribution in [1.82, 2.24) is 0 Å². The first kappa shape index (κ1) is 40.8. The van der Waals surface area contributed by atoms with Crippen molar-refractivity contribution < 1.29 is 48.1 Å². The van der Waals surface area contributed by atoms with E-state index in [4.69, 9.17) is 0 Å². The Bertz CT molecular complexity index is 1760. The molecule has 50 heavy (non-hydrogen) atoms. The van der Waals surface area contributed by atoms with Crippen molar-refractivity contribution in [2.45, 2.75) is 61.8 Å². The van der Waals surface area contributed by atoms with E-state index in [0.29, 0.717) is 5.92 Å². The van der Waals surface area contributed by atoms with Gasteiger partial charge in [-0.05, 0) is 28.6 Å². The zero-order valence-electron chi connectivity index (χ0n) is 31.0. The van der Waals surface area contributed by atoms with Gasteiger partial charge >= 0.3 is 99.8 Å². The van der Waals surface area contributed by atoms with Crippen LogP contribution in [0.15, 0.2) is 151 Å². The molecule has 0 spiro atoms. The molecule has 4 heteroatoms. The zero-order chi connectivity index (χ0) is 34.5. The topological polar surface area (TPSA) is 0 Å². The predicted octanol–water partition coefficient (Wildman–Crippen LogP) is 4.30. The van der Waals surface area contributed by atoms with Gasteiger partial charge < -0.3 is 31.2 Å². The van der Waals surface area contributed by atoms with Gasteiger partial charge in [0, 0.05) is 10.8 Å². The number of benzene rings is 2. The van der Waals surface area contributed by atoms with Crippen LogP contribution in [0.2, 0.25) is 0 Å². The van der Waals surface area contributed by atoms with Gasteiger partial charge in [0.1, 0.15) is 0 Å². The van der Waals surface area contributed by atoms with Crippen molar-refractivity contribution in [3.8, 4) is 0 Å². The molecular weight excluding hydrogens is 743 g/mol. The quantitative estimate of drug-likeness (QED) is 0.315. The van der Waals surface area contributed by atoms with Gasteiger partial charge in [0.05, 0.1) is 0 Å². The summed E-state index contributed by atoms with van der Waals surface area (Å²) in [6.45, 7) is 20.3. The van der Waals surface area contributed by atoms with E-state index in [0.717, 1.165) is 6.42 Å². The van der Waals surface area contributed by atoms with Gasteiger partial charge in [-0.15, -0.1) is 23.8 Å². The van der Waals surface area contributed by atoms with Gasteiger partial charge in [0.2, 0.25) is 0 Å². The average molecular weight is 795 g/mol. The van der Waals surface area contributed by atoms with E-state index in [-0.39, 0.29) is 62.7 Å². The number of hydrogen-bond donors (Lipinski definition) is 0. The molecule has 0 radical (unpaired) electrons. The molecular formula is C46H52Cl2SiZr-2. The minimum absolute atomic E-state index is 0. The maximum atomic E-state index is 2.99. The van der Waals surface area contributed by atoms with E-state index in [2.05, 4.69) is 201 Å². The normalized spacial score (nSPS) is 38.8. The molecule has 6 aliphatic rings. The Morgan fingerprint density at radius 2 is 1.14 bits per heavy atom. The molecule has 0 bridgehead atoms. The van der Waals surface area contributed by atoms with Gasteiger partial charge in [-0.1, -0.05) is 115 Å². The summed E-state index contributed by atoms with van der Waals surface area (Å²) in [6, 6.07) is 21.7. The predicted molar refractivity (Wildman–Crippen MR) is 203 cm³/mol. The first-order valence-electron chi connectivity index (χ1n) is 17.6. The molecule has 2 aromatic rings. The third-order valence-electron chi connectivity index (χ3n) is 14.7. The molecule has 0 heterocycles. The summed E-state index contributed by atoms with van der Waals surface area (Å²) in [7, 11) is 0. The molecule has 2 aromatic carbocycles. The average Bonchev–Trinajstić information content (AvgIpc) is 3.75. The molecule has 0 amide bonds. The second-order valence-corrected chi connectivity index (χ2v) is 21.4. The van der Waals surface area contributed by atoms with Gasteiger partial charge in [0.15, 0.2) is 0 Å². The summed E-state index contributed by atoms with van der Waals surface area (Å²) >= 11 is 1.64. The standard InChI is InChI=1S/C29H37.C12H10Si.C5H5.2ClH.Zr/c1-21-14-13-15-22-20-27(6)25(4)18-10-9-16-23(25,2)24(3)17-11-12-19-26(24,5)29(27,8)28(21,22)7;1-3-7-11(8-4-1)13-12-9-5-2-6-10-12;1-2-4-5-3-1;;;/h9-20,22H,1-8H3;1-10H;1-3H,4H2;2*1H;/q-1;;-1;;;+2/p-2. The molecule has 0 aliphatic heterocycles. The van der Waals surface area contributed by atoms with Crippen LogP contribution in [0.5, 0.6) is 0 Å². The van der Waals surface area contributed by atoms with Crippen molar-refractivity contribution in [2.75, 3.05) is 0 Å². The Morgan fingerprint density at radius 3 is 1.60 bits per heavy atom. The van der Waals surface area contributed by atoms with Gasteiger partial charge in [-0.2, -0.15) is 6.08 Å². The van der Waals surface area contributed by atoms with Crippen LogP contribution in [0.25, 0.3) is 0 Å². The number of hydrogen-bond acceptors (Lipinski definition) is 0. The van der Waals surface area contributed by atoms with Crippen molar-refractivity contribution in [1.29, 1.82) is 0 Å². The van der Waals surface area contributed by atoms with Crippen molar-refractivity contribution in [3.05, 3.63) is 164 Å². The molecule has 8 atom stereocenters. The van der Waals surface area contributed by atoms with Crippen LogP contribution in [-0.4, -0.2) is 5.43 Å². The first-order valence-corrected chi connectivity index (χ1v) is 22.8. The molecule has 0 nitrogen and oxygen atoms in total. The van der Waals surface area contributed by atoms with Crippen LogP contribution in [0, 0.1) is 56.3 Å². The van der Waals surface area contributed by atoms with Crippen molar-refractivity contribution >= 4 is 15.8 Å². The number of rotatable bonds is 2. The van der Waals surface area contributed by atoms with Crippen LogP contribution in [0.1, 0.15) is 61.8 Å². The van der Waals surface area contributed by atoms with Crippen LogP contribution in [0.3, 0.4) is 0 Å². The maximum absolute atomic E-state index is 2.99. The molecule has 2 fully saturated rings. The summed E-state index contributed by atoms with van der Waals surface area (Å²) in [5.74, 6) is 0.460. The minimum atomic E-state index is -0.455. The molecule has 6 aliphatic carbocycles. The Labute approximate surface area is 331 Å². The van der Waals surface area contributed by atoms with E-state index < -0.39 is 5.43 Å². The molecule has 8 unspecified atom stereocenters. The Balaban J connectivity index is 0.000000223. The fourth-order valence-corrected chi connectivity index (χ4v) is 14.8. The summed E-state index contributed by atoms with van der Waals surface area (Å²) in [5.41, 5.74) is 1.28. The molecule has 8 rings (SSSR count). The van der Waals surface area contributed by atoms with E-state index >= 15 is 0 Å². The Morgan fingerprint density at radius 1 is 0.660 bits per heavy atom. The van der Waals surface area contributed by atoms with E-state index in [1.807, 2.05) is 12.2 Å². The van der Waals surface area contributed by atoms with Crippen LogP contribution in [0.4, 0.5) is 0 Å². The summed E-state index contributed by atoms with van der Waals surface area (Å²) in [4.78, 5) is 0. The first-order chi connectivity index (χ1) is 22.8. The van der Waals surface area contributed by atoms with Gasteiger partial charge in [0.25, 0.3) is 0 Å². The number of allylic oxidation sites excluding steroid dienone is 16. The monoisotopic (exact) mass is 792 g/mol. The summed E-state index contributed by atoms with van der Waals surface area (Å²) in [6.07, 6.45) is 39.3. The third kappa shape index (κ3) is 5.44. The van der Waals surface area contributed by atoms with E-state index in [1.165, 1.54) is 15.9 Å². The Hall–Kier alpha value is -1.96. The molecule has 0 aromatic heterocycles. The number of halogens is 2. The second-order valence-electron chi connectivity index (χ2n) is 15.8. The van der Waals surface area contributed by atoms with Gasteiger partial charge in [-0.25, -0.2) is 12.2 Å². The third-order valence-corrected chi connectivity index (χ3v) is 20.8. The SMILES string of the molecule is CC1=CC=CC2[CH-]C3(C)C4(C)C=CC=CC4(C)C4(C)C=CC=CC4(C)C3(C)C12C.[C-]1=CC=CC1.[Cl-].[Cl-].[Zr+2]=[Si](c1ccccc1)c1ccccc1. The van der Waals surface area contributed by atoms with Crippen LogP contribution >= 0.6 is 0 Å². The zero-order valence-corrected chi connectivity index (χ0v) is 35.9.